The number of likely N-dealkylation sites (N-methyl/N-ethyl adjacent to an activating group) is 1. The van der Waals surface area contributed by atoms with Gasteiger partial charge >= 0.3 is 0 Å². The first kappa shape index (κ1) is 21.0. The molecule has 3 rings (SSSR count). The Morgan fingerprint density at radius 1 is 1.21 bits per heavy atom. The number of halogens is 2. The molecule has 0 spiro atoms. The van der Waals surface area contributed by atoms with Crippen molar-refractivity contribution >= 4 is 63.5 Å². The van der Waals surface area contributed by atoms with Gasteiger partial charge in [-0.25, -0.2) is 0 Å². The SMILES string of the molecule is CCN1C(=O)C(=Cc2cc(OC)ccc2OCc2ccc(Cl)cc2Cl)SC1=S. The number of methoxy groups -OCH3 is 1. The second kappa shape index (κ2) is 9.18. The third-order valence-corrected chi connectivity index (χ3v) is 6.06. The van der Waals surface area contributed by atoms with Gasteiger partial charge in [0.2, 0.25) is 0 Å². The van der Waals surface area contributed by atoms with Gasteiger partial charge in [0.05, 0.1) is 12.0 Å². The quantitative estimate of drug-likeness (QED) is 0.407. The zero-order valence-electron chi connectivity index (χ0n) is 15.2. The Kier molecular flexibility index (Phi) is 6.88. The van der Waals surface area contributed by atoms with E-state index in [0.717, 1.165) is 11.1 Å². The Balaban J connectivity index is 1.89. The molecule has 8 heteroatoms. The minimum Gasteiger partial charge on any atom is -0.497 e. The number of benzene rings is 2. The number of carbonyl (C=O) groups is 1. The summed E-state index contributed by atoms with van der Waals surface area (Å²) in [4.78, 5) is 14.6. The van der Waals surface area contributed by atoms with Gasteiger partial charge in [0, 0.05) is 27.7 Å². The standard InChI is InChI=1S/C20H17Cl2NO3S2/c1-3-23-19(24)18(28-20(23)27)9-13-8-15(25-2)6-7-17(13)26-11-12-4-5-14(21)10-16(12)22/h4-10H,3,11H2,1-2H3. The minimum absolute atomic E-state index is 0.105. The van der Waals surface area contributed by atoms with Crippen molar-refractivity contribution in [2.75, 3.05) is 13.7 Å². The Morgan fingerprint density at radius 3 is 2.64 bits per heavy atom. The van der Waals surface area contributed by atoms with Crippen LogP contribution < -0.4 is 9.47 Å². The van der Waals surface area contributed by atoms with E-state index in [1.807, 2.05) is 19.1 Å². The van der Waals surface area contributed by atoms with Crippen LogP contribution in [0.3, 0.4) is 0 Å². The summed E-state index contributed by atoms with van der Waals surface area (Å²) < 4.78 is 11.8. The van der Waals surface area contributed by atoms with Gasteiger partial charge in [-0.3, -0.25) is 9.69 Å². The summed E-state index contributed by atoms with van der Waals surface area (Å²) in [7, 11) is 1.59. The van der Waals surface area contributed by atoms with E-state index >= 15 is 0 Å². The fourth-order valence-electron chi connectivity index (χ4n) is 2.61. The van der Waals surface area contributed by atoms with Crippen LogP contribution in [0.1, 0.15) is 18.1 Å². The first-order valence-electron chi connectivity index (χ1n) is 8.43. The van der Waals surface area contributed by atoms with E-state index in [1.165, 1.54) is 11.8 Å². The van der Waals surface area contributed by atoms with Gasteiger partial charge in [0.25, 0.3) is 5.91 Å². The molecule has 2 aromatic rings. The van der Waals surface area contributed by atoms with Gasteiger partial charge in [0.15, 0.2) is 0 Å². The summed E-state index contributed by atoms with van der Waals surface area (Å²) in [5.74, 6) is 1.16. The summed E-state index contributed by atoms with van der Waals surface area (Å²) >= 11 is 18.7. The van der Waals surface area contributed by atoms with E-state index in [4.69, 9.17) is 44.9 Å². The van der Waals surface area contributed by atoms with Gasteiger partial charge in [-0.2, -0.15) is 0 Å². The summed E-state index contributed by atoms with van der Waals surface area (Å²) in [5, 5.41) is 1.10. The van der Waals surface area contributed by atoms with Gasteiger partial charge in [-0.1, -0.05) is 53.2 Å². The lowest BCUT2D eigenvalue weighted by molar-refractivity contribution is -0.121. The van der Waals surface area contributed by atoms with Gasteiger partial charge < -0.3 is 9.47 Å². The average molecular weight is 454 g/mol. The van der Waals surface area contributed by atoms with Crippen molar-refractivity contribution < 1.29 is 14.3 Å². The lowest BCUT2D eigenvalue weighted by atomic mass is 10.1. The molecule has 146 valence electrons. The van der Waals surface area contributed by atoms with Crippen LogP contribution >= 0.6 is 47.2 Å². The molecule has 0 atom stereocenters. The molecule has 0 unspecified atom stereocenters. The van der Waals surface area contributed by atoms with Crippen LogP contribution in [0, 0.1) is 0 Å². The van der Waals surface area contributed by atoms with Crippen LogP contribution in [0.5, 0.6) is 11.5 Å². The normalized spacial score (nSPS) is 15.4. The third kappa shape index (κ3) is 4.63. The fourth-order valence-corrected chi connectivity index (χ4v) is 4.44. The molecule has 1 amide bonds. The summed E-state index contributed by atoms with van der Waals surface area (Å²) in [6.45, 7) is 2.70. The molecule has 0 saturated carbocycles. The number of nitrogens with zero attached hydrogens (tertiary/aromatic N) is 1. The molecular weight excluding hydrogens is 437 g/mol. The van der Waals surface area contributed by atoms with Crippen molar-refractivity contribution in [1.29, 1.82) is 0 Å². The molecule has 1 aliphatic rings. The number of ether oxygens (including phenoxy) is 2. The molecule has 4 nitrogen and oxygen atoms in total. The number of thioether (sulfide) groups is 1. The second-order valence-electron chi connectivity index (χ2n) is 5.85. The summed E-state index contributed by atoms with van der Waals surface area (Å²) in [6, 6.07) is 10.7. The lowest BCUT2D eigenvalue weighted by Gasteiger charge is -2.12. The van der Waals surface area contributed by atoms with E-state index in [0.29, 0.717) is 37.3 Å². The Morgan fingerprint density at radius 2 is 2.00 bits per heavy atom. The molecule has 1 fully saturated rings. The molecule has 2 aromatic carbocycles. The molecule has 28 heavy (non-hydrogen) atoms. The predicted octanol–water partition coefficient (Wildman–Crippen LogP) is 5.80. The maximum Gasteiger partial charge on any atom is 0.266 e. The van der Waals surface area contributed by atoms with Crippen LogP contribution in [0.4, 0.5) is 0 Å². The number of carbonyl (C=O) groups excluding carboxylic acids is 1. The number of amides is 1. The zero-order chi connectivity index (χ0) is 20.3. The average Bonchev–Trinajstić information content (AvgIpc) is 2.94. The second-order valence-corrected chi connectivity index (χ2v) is 8.37. The van der Waals surface area contributed by atoms with Crippen molar-refractivity contribution in [3.8, 4) is 11.5 Å². The summed E-state index contributed by atoms with van der Waals surface area (Å²) in [5.41, 5.74) is 1.53. The highest BCUT2D eigenvalue weighted by Crippen LogP contribution is 2.35. The van der Waals surface area contributed by atoms with E-state index < -0.39 is 0 Å². The summed E-state index contributed by atoms with van der Waals surface area (Å²) in [6.07, 6.45) is 1.77. The van der Waals surface area contributed by atoms with Crippen molar-refractivity contribution in [2.45, 2.75) is 13.5 Å². The molecule has 1 heterocycles. The largest absolute Gasteiger partial charge is 0.497 e. The molecule has 0 aliphatic carbocycles. The first-order chi connectivity index (χ1) is 13.4. The number of thiocarbonyl (C=S) groups is 1. The van der Waals surface area contributed by atoms with Crippen molar-refractivity contribution in [3.05, 3.63) is 62.5 Å². The van der Waals surface area contributed by atoms with E-state index in [1.54, 1.807) is 42.4 Å². The topological polar surface area (TPSA) is 38.8 Å². The molecule has 0 aromatic heterocycles. The van der Waals surface area contributed by atoms with Crippen molar-refractivity contribution in [2.24, 2.45) is 0 Å². The Hall–Kier alpha value is -1.73. The zero-order valence-corrected chi connectivity index (χ0v) is 18.3. The van der Waals surface area contributed by atoms with Gasteiger partial charge in [-0.15, -0.1) is 0 Å². The van der Waals surface area contributed by atoms with Crippen LogP contribution in [0.2, 0.25) is 10.0 Å². The van der Waals surface area contributed by atoms with Crippen LogP contribution in [0.25, 0.3) is 6.08 Å². The highest BCUT2D eigenvalue weighted by molar-refractivity contribution is 8.26. The maximum absolute atomic E-state index is 12.5. The minimum atomic E-state index is -0.105. The number of rotatable bonds is 6. The van der Waals surface area contributed by atoms with E-state index in [9.17, 15) is 4.79 Å². The highest BCUT2D eigenvalue weighted by Gasteiger charge is 2.30. The van der Waals surface area contributed by atoms with Gasteiger partial charge in [0.1, 0.15) is 22.4 Å². The smallest absolute Gasteiger partial charge is 0.266 e. The van der Waals surface area contributed by atoms with E-state index in [-0.39, 0.29) is 12.5 Å². The molecular formula is C20H17Cl2NO3S2. The molecule has 1 aliphatic heterocycles. The van der Waals surface area contributed by atoms with Crippen LogP contribution in [-0.2, 0) is 11.4 Å². The maximum atomic E-state index is 12.5. The third-order valence-electron chi connectivity index (χ3n) is 4.09. The van der Waals surface area contributed by atoms with Crippen LogP contribution in [-0.4, -0.2) is 28.8 Å². The molecule has 1 saturated heterocycles. The van der Waals surface area contributed by atoms with Crippen molar-refractivity contribution in [1.82, 2.24) is 4.90 Å². The molecule has 0 bridgehead atoms. The molecule has 0 radical (unpaired) electrons. The first-order valence-corrected chi connectivity index (χ1v) is 10.4. The van der Waals surface area contributed by atoms with Gasteiger partial charge in [-0.05, 0) is 43.3 Å². The van der Waals surface area contributed by atoms with Crippen LogP contribution in [0.15, 0.2) is 41.3 Å². The fraction of sp³-hybridized carbons (Fsp3) is 0.200. The predicted molar refractivity (Wildman–Crippen MR) is 119 cm³/mol. The van der Waals surface area contributed by atoms with Crippen molar-refractivity contribution in [3.63, 3.8) is 0 Å². The Bertz CT molecular complexity index is 962. The Labute approximate surface area is 183 Å². The van der Waals surface area contributed by atoms with E-state index in [2.05, 4.69) is 0 Å². The number of hydrogen-bond acceptors (Lipinski definition) is 5. The number of hydrogen-bond donors (Lipinski definition) is 0. The highest BCUT2D eigenvalue weighted by atomic mass is 35.5. The monoisotopic (exact) mass is 453 g/mol. The lowest BCUT2D eigenvalue weighted by Crippen LogP contribution is -2.27. The molecule has 0 N–H and O–H groups in total.